The fourth-order valence-corrected chi connectivity index (χ4v) is 0. The molecule has 0 bridgehead atoms. The van der Waals surface area contributed by atoms with E-state index in [2.05, 4.69) is 0 Å². The molecule has 6 nitrogen and oxygen atoms in total. The van der Waals surface area contributed by atoms with E-state index in [0.29, 0.717) is 0 Å². The van der Waals surface area contributed by atoms with Gasteiger partial charge in [0.2, 0.25) is 0 Å². The minimum absolute atomic E-state index is 0. The summed E-state index contributed by atoms with van der Waals surface area (Å²) in [6, 6.07) is 0. The van der Waals surface area contributed by atoms with Crippen LogP contribution in [0.4, 0.5) is 0 Å². The summed E-state index contributed by atoms with van der Waals surface area (Å²) in [7, 11) is 0. The van der Waals surface area contributed by atoms with Crippen LogP contribution < -0.4 is 160 Å². The van der Waals surface area contributed by atoms with Gasteiger partial charge in [-0.25, -0.2) is 0 Å². The Morgan fingerprint density at radius 2 is 0.400 bits per heavy atom. The molecule has 0 aliphatic heterocycles. The average molecular weight is 320 g/mol. The van der Waals surface area contributed by atoms with Gasteiger partial charge < -0.3 is 65.3 Å². The van der Waals surface area contributed by atoms with Crippen LogP contribution in [0.1, 0.15) is 0 Å². The molecular formula is C5H3FeK3N6. The summed E-state index contributed by atoms with van der Waals surface area (Å²) in [5.41, 5.74) is 0. The van der Waals surface area contributed by atoms with Crippen LogP contribution in [0, 0.1) is 59.2 Å². The quantitative estimate of drug-likeness (QED) is 0.345. The minimum Gasteiger partial charge on any atom is -0.512 e. The largest absolute Gasteiger partial charge is 2.00 e. The van der Waals surface area contributed by atoms with Crippen LogP contribution in [0.3, 0.4) is 0 Å². The monoisotopic (exact) mass is 320 g/mol. The van der Waals surface area contributed by atoms with Gasteiger partial charge in [0.15, 0.2) is 0 Å². The van der Waals surface area contributed by atoms with Crippen LogP contribution in [0.5, 0.6) is 0 Å². The Morgan fingerprint density at radius 1 is 0.400 bits per heavy atom. The predicted octanol–water partition coefficient (Wildman–Crippen LogP) is -8.35. The molecule has 0 unspecified atom stereocenters. The summed E-state index contributed by atoms with van der Waals surface area (Å²) in [6.45, 7) is 23.8. The van der Waals surface area contributed by atoms with Crippen molar-refractivity contribution >= 4 is 0 Å². The smallest absolute Gasteiger partial charge is 0.512 e. The molecule has 0 amide bonds. The van der Waals surface area contributed by atoms with Gasteiger partial charge in [-0.3, -0.25) is 0 Å². The second-order valence-corrected chi connectivity index (χ2v) is 0. The van der Waals surface area contributed by atoms with Crippen molar-refractivity contribution < 1.29 is 171 Å². The van der Waals surface area contributed by atoms with Gasteiger partial charge in [0.25, 0.3) is 0 Å². The van der Waals surface area contributed by atoms with Crippen molar-refractivity contribution in [3.63, 3.8) is 0 Å². The van der Waals surface area contributed by atoms with Crippen LogP contribution in [-0.2, 0) is 17.1 Å². The third kappa shape index (κ3) is 460. The van der Waals surface area contributed by atoms with Crippen molar-refractivity contribution in [3.8, 4) is 0 Å². The van der Waals surface area contributed by atoms with Gasteiger partial charge in [-0.05, 0) is 0 Å². The van der Waals surface area contributed by atoms with E-state index in [-0.39, 0.29) is 177 Å². The first-order chi connectivity index (χ1) is 5.00. The molecule has 0 atom stereocenters. The standard InChI is InChI=1S/5CN.Fe.3K.H3N/c5*1-2;;;;;/h;;;;;;;;;1H3/q5*-1;+2;3*+1;. The van der Waals surface area contributed by atoms with E-state index in [9.17, 15) is 0 Å². The molecule has 0 fully saturated rings. The van der Waals surface area contributed by atoms with Gasteiger partial charge in [0, 0.05) is 0 Å². The van der Waals surface area contributed by atoms with Gasteiger partial charge in [0.1, 0.15) is 0 Å². The Kier molecular flexibility index (Phi) is 2880. The zero-order valence-electron chi connectivity index (χ0n) is 8.80. The van der Waals surface area contributed by atoms with E-state index in [1.807, 2.05) is 0 Å². The summed E-state index contributed by atoms with van der Waals surface area (Å²) >= 11 is 0. The van der Waals surface area contributed by atoms with Crippen molar-refractivity contribution in [2.75, 3.05) is 0 Å². The van der Waals surface area contributed by atoms with Crippen LogP contribution in [0.15, 0.2) is 0 Å². The SMILES string of the molecule is N.[C-]#N.[C-]#N.[C-]#N.[C-]#N.[C-]#N.[Fe+2].[K+].[K+].[K+]. The van der Waals surface area contributed by atoms with Crippen LogP contribution >= 0.6 is 0 Å². The second kappa shape index (κ2) is 524. The van der Waals surface area contributed by atoms with Crippen LogP contribution in [0.25, 0.3) is 0 Å². The molecule has 64 valence electrons. The summed E-state index contributed by atoms with van der Waals surface area (Å²) in [5, 5.41) is 31.2. The van der Waals surface area contributed by atoms with Gasteiger partial charge in [-0.1, -0.05) is 0 Å². The van der Waals surface area contributed by atoms with Crippen molar-refractivity contribution in [1.29, 1.82) is 26.3 Å². The maximum atomic E-state index is 6.25. The molecule has 10 heteroatoms. The molecule has 0 aromatic heterocycles. The molecule has 3 N–H and O–H groups in total. The van der Waals surface area contributed by atoms with Gasteiger partial charge in [-0.2, -0.15) is 0 Å². The first-order valence-electron chi connectivity index (χ1n) is 1.12. The van der Waals surface area contributed by atoms with Gasteiger partial charge in [-0.15, -0.1) is 0 Å². The molecular weight excluding hydrogens is 317 g/mol. The molecule has 0 radical (unpaired) electrons. The third-order valence-electron chi connectivity index (χ3n) is 0. The van der Waals surface area contributed by atoms with Crippen molar-refractivity contribution in [2.24, 2.45) is 0 Å². The fourth-order valence-electron chi connectivity index (χ4n) is 0. The van der Waals surface area contributed by atoms with E-state index in [0.717, 1.165) is 0 Å². The Morgan fingerprint density at radius 3 is 0.400 bits per heavy atom. The number of hydrogen-bond acceptors (Lipinski definition) is 6. The molecule has 0 spiro atoms. The maximum Gasteiger partial charge on any atom is 2.00 e. The molecule has 0 saturated heterocycles. The van der Waals surface area contributed by atoms with E-state index < -0.39 is 0 Å². The van der Waals surface area contributed by atoms with Crippen molar-refractivity contribution in [2.45, 2.75) is 0 Å². The molecule has 0 aromatic rings. The van der Waals surface area contributed by atoms with E-state index in [1.165, 1.54) is 0 Å². The number of hydrogen-bond donors (Lipinski definition) is 1. The molecule has 0 aliphatic carbocycles. The Labute approximate surface area is 230 Å². The molecule has 15 heavy (non-hydrogen) atoms. The molecule has 0 rings (SSSR count). The number of nitrogens with zero attached hydrogens (tertiary/aromatic N) is 5. The Bertz CT molecular complexity index is 85.3. The predicted molar refractivity (Wildman–Crippen MR) is 29.9 cm³/mol. The zero-order valence-corrected chi connectivity index (χ0v) is 19.3. The van der Waals surface area contributed by atoms with Crippen molar-refractivity contribution in [1.82, 2.24) is 6.15 Å². The summed E-state index contributed by atoms with van der Waals surface area (Å²) in [5.74, 6) is 0. The van der Waals surface area contributed by atoms with E-state index in [4.69, 9.17) is 59.2 Å². The maximum absolute atomic E-state index is 6.25. The Balaban J connectivity index is -0.00000000240. The molecule has 0 saturated carbocycles. The van der Waals surface area contributed by atoms with E-state index >= 15 is 0 Å². The van der Waals surface area contributed by atoms with Gasteiger partial charge in [0.05, 0.1) is 0 Å². The van der Waals surface area contributed by atoms with Gasteiger partial charge >= 0.3 is 171 Å². The second-order valence-electron chi connectivity index (χ2n) is 0. The topological polar surface area (TPSA) is 154 Å². The minimum atomic E-state index is 0. The first-order valence-corrected chi connectivity index (χ1v) is 1.12. The molecule has 0 aromatic carbocycles. The molecule has 0 heterocycles. The zero-order chi connectivity index (χ0) is 10.0. The summed E-state index contributed by atoms with van der Waals surface area (Å²) in [4.78, 5) is 0. The van der Waals surface area contributed by atoms with Crippen LogP contribution in [0.2, 0.25) is 0 Å². The number of rotatable bonds is 0. The van der Waals surface area contributed by atoms with Crippen molar-refractivity contribution in [3.05, 3.63) is 32.9 Å². The third-order valence-corrected chi connectivity index (χ3v) is 0. The fraction of sp³-hybridized carbons (Fsp3) is 0. The summed E-state index contributed by atoms with van der Waals surface area (Å²) in [6.07, 6.45) is 0. The van der Waals surface area contributed by atoms with Crippen LogP contribution in [-0.4, -0.2) is 0 Å². The average Bonchev–Trinajstić information content (AvgIpc) is 2.20. The normalized spacial score (nSPS) is 0.667. The van der Waals surface area contributed by atoms with E-state index in [1.54, 1.807) is 0 Å². The first kappa shape index (κ1) is 82.3. The Hall–Kier alpha value is 2.84. The molecule has 0 aliphatic rings. The summed E-state index contributed by atoms with van der Waals surface area (Å²) < 4.78 is 0.